The maximum Gasteiger partial charge on any atom is 0.394 e. The fourth-order valence-corrected chi connectivity index (χ4v) is 5.35. The lowest BCUT2D eigenvalue weighted by atomic mass is 9.73. The fourth-order valence-electron chi connectivity index (χ4n) is 5.35. The number of alkyl halides is 5. The average molecular weight is 487 g/mol. The summed E-state index contributed by atoms with van der Waals surface area (Å²) in [7, 11) is 0. The molecular formula is C22H22F5N3O4. The Bertz CT molecular complexity index is 1050. The summed E-state index contributed by atoms with van der Waals surface area (Å²) in [5.74, 6) is -9.87. The van der Waals surface area contributed by atoms with Crippen LogP contribution < -0.4 is 11.1 Å². The number of rotatable bonds is 4. The number of carbonyl (C=O) groups is 4. The zero-order chi connectivity index (χ0) is 25.0. The smallest absolute Gasteiger partial charge is 0.366 e. The van der Waals surface area contributed by atoms with Gasteiger partial charge < -0.3 is 10.6 Å². The molecule has 1 aromatic rings. The normalized spacial score (nSPS) is 26.3. The molecule has 1 aromatic carbocycles. The molecule has 12 heteroatoms. The third-order valence-electron chi connectivity index (χ3n) is 6.95. The van der Waals surface area contributed by atoms with Gasteiger partial charge in [-0.15, -0.1) is 0 Å². The third-order valence-corrected chi connectivity index (χ3v) is 6.95. The molecule has 34 heavy (non-hydrogen) atoms. The molecule has 3 atom stereocenters. The van der Waals surface area contributed by atoms with Gasteiger partial charge in [0.25, 0.3) is 5.91 Å². The van der Waals surface area contributed by atoms with Crippen molar-refractivity contribution in [1.29, 1.82) is 0 Å². The first-order chi connectivity index (χ1) is 15.8. The van der Waals surface area contributed by atoms with Crippen LogP contribution in [0.4, 0.5) is 22.0 Å². The van der Waals surface area contributed by atoms with Crippen LogP contribution in [-0.4, -0.2) is 46.7 Å². The van der Waals surface area contributed by atoms with E-state index >= 15 is 0 Å². The molecule has 4 rings (SSSR count). The van der Waals surface area contributed by atoms with Crippen molar-refractivity contribution >= 4 is 23.6 Å². The largest absolute Gasteiger partial charge is 0.394 e. The highest BCUT2D eigenvalue weighted by Gasteiger charge is 2.58. The maximum absolute atomic E-state index is 14.6. The van der Waals surface area contributed by atoms with E-state index in [9.17, 15) is 41.1 Å². The maximum atomic E-state index is 14.6. The number of benzene rings is 1. The van der Waals surface area contributed by atoms with Crippen LogP contribution in [0.5, 0.6) is 0 Å². The number of piperidine rings is 1. The number of nitrogens with zero attached hydrogens (tertiary/aromatic N) is 1. The van der Waals surface area contributed by atoms with E-state index in [1.165, 1.54) is 12.1 Å². The molecule has 1 saturated heterocycles. The Morgan fingerprint density at radius 2 is 1.76 bits per heavy atom. The Morgan fingerprint density at radius 3 is 2.32 bits per heavy atom. The quantitative estimate of drug-likeness (QED) is 0.503. The molecule has 2 unspecified atom stereocenters. The van der Waals surface area contributed by atoms with E-state index in [0.717, 1.165) is 11.0 Å². The van der Waals surface area contributed by atoms with Crippen LogP contribution in [0.15, 0.2) is 18.2 Å². The lowest BCUT2D eigenvalue weighted by molar-refractivity contribution is -0.215. The second kappa shape index (κ2) is 8.31. The number of nitrogens with one attached hydrogen (secondary N) is 1. The Hall–Kier alpha value is -3.05. The first kappa shape index (κ1) is 24.1. The van der Waals surface area contributed by atoms with Crippen molar-refractivity contribution in [3.05, 3.63) is 34.9 Å². The van der Waals surface area contributed by atoms with Gasteiger partial charge in [0.15, 0.2) is 0 Å². The van der Waals surface area contributed by atoms with Crippen molar-refractivity contribution in [3.63, 3.8) is 0 Å². The number of imide groups is 1. The molecule has 4 amide bonds. The van der Waals surface area contributed by atoms with Crippen LogP contribution in [0.1, 0.15) is 70.8 Å². The number of hydrogen-bond acceptors (Lipinski definition) is 4. The van der Waals surface area contributed by atoms with Gasteiger partial charge in [-0.05, 0) is 48.9 Å². The lowest BCUT2D eigenvalue weighted by Gasteiger charge is -2.43. The van der Waals surface area contributed by atoms with Crippen molar-refractivity contribution < 1.29 is 41.1 Å². The Morgan fingerprint density at radius 1 is 1.12 bits per heavy atom. The number of primary amides is 1. The average Bonchev–Trinajstić information content (AvgIpc) is 3.00. The summed E-state index contributed by atoms with van der Waals surface area (Å²) < 4.78 is 71.1. The molecule has 2 fully saturated rings. The Kier molecular flexibility index (Phi) is 5.89. The van der Waals surface area contributed by atoms with Crippen LogP contribution in [0, 0.1) is 11.8 Å². The topological polar surface area (TPSA) is 110 Å². The summed E-state index contributed by atoms with van der Waals surface area (Å²) in [6, 6.07) is 0.381. The van der Waals surface area contributed by atoms with Crippen molar-refractivity contribution in [2.75, 3.05) is 0 Å². The van der Waals surface area contributed by atoms with Gasteiger partial charge in [-0.1, -0.05) is 0 Å². The molecule has 3 N–H and O–H groups in total. The predicted octanol–water partition coefficient (Wildman–Crippen LogP) is 3.09. The highest BCUT2D eigenvalue weighted by molar-refractivity contribution is 6.06. The monoisotopic (exact) mass is 487 g/mol. The predicted molar refractivity (Wildman–Crippen MR) is 106 cm³/mol. The van der Waals surface area contributed by atoms with Gasteiger partial charge in [-0.3, -0.25) is 24.5 Å². The minimum Gasteiger partial charge on any atom is -0.366 e. The molecule has 1 aliphatic carbocycles. The Balaban J connectivity index is 1.84. The summed E-state index contributed by atoms with van der Waals surface area (Å²) in [4.78, 5) is 50.0. The number of hydrogen-bond donors (Lipinski definition) is 2. The highest BCUT2D eigenvalue weighted by Crippen LogP contribution is 2.54. The highest BCUT2D eigenvalue weighted by atomic mass is 19.4. The summed E-state index contributed by atoms with van der Waals surface area (Å²) in [6.45, 7) is 0. The zero-order valence-corrected chi connectivity index (χ0v) is 17.8. The lowest BCUT2D eigenvalue weighted by Crippen LogP contribution is -2.56. The SMILES string of the molecule is NC(=O)c1ccc2c(c1)C([C@@H](C1CCC(F)(F)CC1)C(F)(F)F)N(C1CCC(=O)NC1=O)C2=O. The van der Waals surface area contributed by atoms with Crippen LogP contribution in [-0.2, 0) is 9.59 Å². The van der Waals surface area contributed by atoms with Crippen molar-refractivity contribution in [2.24, 2.45) is 17.6 Å². The van der Waals surface area contributed by atoms with E-state index in [2.05, 4.69) is 0 Å². The number of nitrogens with two attached hydrogens (primary N) is 1. The molecule has 3 aliphatic rings. The minimum absolute atomic E-state index is 0.127. The van der Waals surface area contributed by atoms with Crippen molar-refractivity contribution in [1.82, 2.24) is 10.2 Å². The molecule has 0 radical (unpaired) electrons. The number of fused-ring (bicyclic) bond motifs is 1. The van der Waals surface area contributed by atoms with Crippen LogP contribution >= 0.6 is 0 Å². The van der Waals surface area contributed by atoms with Gasteiger partial charge in [0.2, 0.25) is 23.6 Å². The van der Waals surface area contributed by atoms with E-state index in [-0.39, 0.29) is 29.5 Å². The summed E-state index contributed by atoms with van der Waals surface area (Å²) in [6.07, 6.45) is -7.56. The Labute approximate surface area is 190 Å². The molecule has 2 heterocycles. The van der Waals surface area contributed by atoms with Gasteiger partial charge >= 0.3 is 6.18 Å². The molecule has 1 saturated carbocycles. The summed E-state index contributed by atoms with van der Waals surface area (Å²) >= 11 is 0. The van der Waals surface area contributed by atoms with E-state index < -0.39 is 85.3 Å². The third kappa shape index (κ3) is 4.25. The van der Waals surface area contributed by atoms with Crippen molar-refractivity contribution in [3.8, 4) is 0 Å². The second-order valence-corrected chi connectivity index (χ2v) is 9.05. The van der Waals surface area contributed by atoms with Gasteiger partial charge in [0, 0.05) is 30.4 Å². The molecule has 7 nitrogen and oxygen atoms in total. The molecule has 0 bridgehead atoms. The number of carbonyl (C=O) groups excluding carboxylic acids is 4. The van der Waals surface area contributed by atoms with Crippen molar-refractivity contribution in [2.45, 2.75) is 62.7 Å². The standard InChI is InChI=1S/C22H22F5N3O4/c23-21(24)7-5-10(6-8-21)16(22(25,26)27)17-13-9-11(18(28)32)1-2-12(13)20(34)30(17)14-3-4-15(31)29-19(14)33/h1-2,9-10,14,16-17H,3-8H2,(H2,28,32)(H,29,31,33)/t14?,16-,17?/m1/s1. The zero-order valence-electron chi connectivity index (χ0n) is 17.8. The van der Waals surface area contributed by atoms with Gasteiger partial charge in [-0.25, -0.2) is 8.78 Å². The van der Waals surface area contributed by atoms with E-state index in [1.54, 1.807) is 0 Å². The van der Waals surface area contributed by atoms with E-state index in [4.69, 9.17) is 5.73 Å². The number of amides is 4. The van der Waals surface area contributed by atoms with Crippen LogP contribution in [0.2, 0.25) is 0 Å². The fraction of sp³-hybridized carbons (Fsp3) is 0.545. The molecule has 0 aromatic heterocycles. The first-order valence-corrected chi connectivity index (χ1v) is 10.8. The van der Waals surface area contributed by atoms with E-state index in [0.29, 0.717) is 0 Å². The van der Waals surface area contributed by atoms with E-state index in [1.807, 2.05) is 5.32 Å². The summed E-state index contributed by atoms with van der Waals surface area (Å²) in [5, 5.41) is 2.05. The molecular weight excluding hydrogens is 465 g/mol. The molecule has 184 valence electrons. The second-order valence-electron chi connectivity index (χ2n) is 9.05. The first-order valence-electron chi connectivity index (χ1n) is 10.8. The van der Waals surface area contributed by atoms with Gasteiger partial charge in [-0.2, -0.15) is 13.2 Å². The van der Waals surface area contributed by atoms with Gasteiger partial charge in [0.1, 0.15) is 6.04 Å². The van der Waals surface area contributed by atoms with Crippen LogP contribution in [0.25, 0.3) is 0 Å². The molecule has 2 aliphatic heterocycles. The summed E-state index contributed by atoms with van der Waals surface area (Å²) in [5.41, 5.74) is 4.90. The minimum atomic E-state index is -4.91. The van der Waals surface area contributed by atoms with Gasteiger partial charge in [0.05, 0.1) is 12.0 Å². The molecule has 0 spiro atoms. The number of halogens is 5. The van der Waals surface area contributed by atoms with Crippen LogP contribution in [0.3, 0.4) is 0 Å².